The summed E-state index contributed by atoms with van der Waals surface area (Å²) in [7, 11) is 1.64. The molecule has 0 saturated carbocycles. The Bertz CT molecular complexity index is 621. The summed E-state index contributed by atoms with van der Waals surface area (Å²) in [6.45, 7) is 2.09. The summed E-state index contributed by atoms with van der Waals surface area (Å²) in [4.78, 5) is 8.10. The van der Waals surface area contributed by atoms with Crippen molar-refractivity contribution in [3.05, 3.63) is 54.1 Å². The van der Waals surface area contributed by atoms with E-state index in [9.17, 15) is 5.26 Å². The predicted octanol–water partition coefficient (Wildman–Crippen LogP) is 3.29. The van der Waals surface area contributed by atoms with Gasteiger partial charge in [-0.15, -0.1) is 0 Å². The van der Waals surface area contributed by atoms with Gasteiger partial charge in [0, 0.05) is 18.0 Å². The summed E-state index contributed by atoms with van der Waals surface area (Å²) in [5.74, 6) is 0.754. The van der Waals surface area contributed by atoms with E-state index in [4.69, 9.17) is 4.74 Å². The highest BCUT2D eigenvalue weighted by molar-refractivity contribution is 5.45. The van der Waals surface area contributed by atoms with Crippen LogP contribution in [0.1, 0.15) is 30.9 Å². The molecule has 1 atom stereocenters. The highest BCUT2D eigenvalue weighted by Crippen LogP contribution is 2.38. The van der Waals surface area contributed by atoms with Crippen LogP contribution >= 0.6 is 0 Å². The molecule has 108 valence electrons. The molecule has 1 unspecified atom stereocenters. The minimum Gasteiger partial charge on any atom is -0.496 e. The van der Waals surface area contributed by atoms with Gasteiger partial charge in [-0.25, -0.2) is 9.97 Å². The first-order chi connectivity index (χ1) is 10.3. The van der Waals surface area contributed by atoms with E-state index in [2.05, 4.69) is 23.0 Å². The van der Waals surface area contributed by atoms with Crippen LogP contribution in [0.4, 0.5) is 0 Å². The molecule has 0 spiro atoms. The molecule has 0 N–H and O–H groups in total. The van der Waals surface area contributed by atoms with E-state index < -0.39 is 5.41 Å². The zero-order valence-electron chi connectivity index (χ0n) is 12.4. The summed E-state index contributed by atoms with van der Waals surface area (Å²) in [5, 5.41) is 9.90. The molecule has 0 aliphatic carbocycles. The van der Waals surface area contributed by atoms with Gasteiger partial charge in [0.2, 0.25) is 0 Å². The van der Waals surface area contributed by atoms with Crippen LogP contribution in [0, 0.1) is 11.3 Å². The van der Waals surface area contributed by atoms with Gasteiger partial charge in [0.1, 0.15) is 12.1 Å². The molecular weight excluding hydrogens is 262 g/mol. The summed E-state index contributed by atoms with van der Waals surface area (Å²) in [6, 6.07) is 10.3. The summed E-state index contributed by atoms with van der Waals surface area (Å²) in [6.07, 6.45) is 7.30. The predicted molar refractivity (Wildman–Crippen MR) is 80.9 cm³/mol. The van der Waals surface area contributed by atoms with Crippen LogP contribution in [0.3, 0.4) is 0 Å². The van der Waals surface area contributed by atoms with Crippen molar-refractivity contribution < 1.29 is 4.74 Å². The molecule has 2 aromatic rings. The van der Waals surface area contributed by atoms with Crippen molar-refractivity contribution in [3.8, 4) is 11.8 Å². The molecule has 0 fully saturated rings. The number of nitrogens with zero attached hydrogens (tertiary/aromatic N) is 3. The van der Waals surface area contributed by atoms with E-state index in [1.165, 1.54) is 6.33 Å². The number of benzene rings is 1. The molecule has 1 aromatic carbocycles. The average Bonchev–Trinajstić information content (AvgIpc) is 2.55. The molecule has 0 aliphatic heterocycles. The third kappa shape index (κ3) is 3.19. The molecule has 0 bridgehead atoms. The lowest BCUT2D eigenvalue weighted by Crippen LogP contribution is -2.28. The monoisotopic (exact) mass is 281 g/mol. The average molecular weight is 281 g/mol. The lowest BCUT2D eigenvalue weighted by atomic mass is 9.73. The Labute approximate surface area is 125 Å². The van der Waals surface area contributed by atoms with E-state index in [-0.39, 0.29) is 0 Å². The highest BCUT2D eigenvalue weighted by Gasteiger charge is 2.34. The fourth-order valence-electron chi connectivity index (χ4n) is 2.71. The Morgan fingerprint density at radius 2 is 1.95 bits per heavy atom. The number of methoxy groups -OCH3 is 1. The molecular formula is C17H19N3O. The maximum absolute atomic E-state index is 9.90. The van der Waals surface area contributed by atoms with Gasteiger partial charge in [0.05, 0.1) is 18.6 Å². The second-order valence-corrected chi connectivity index (χ2v) is 5.07. The Morgan fingerprint density at radius 3 is 2.57 bits per heavy atom. The van der Waals surface area contributed by atoms with Crippen LogP contribution in [0.2, 0.25) is 0 Å². The SMILES string of the molecule is CCCC(C#N)(Cc1cncnc1)c1ccccc1OC. The first kappa shape index (κ1) is 15.0. The van der Waals surface area contributed by atoms with Crippen LogP contribution < -0.4 is 4.74 Å². The second kappa shape index (κ2) is 6.85. The Morgan fingerprint density at radius 1 is 1.24 bits per heavy atom. The van der Waals surface area contributed by atoms with Crippen molar-refractivity contribution in [2.24, 2.45) is 0 Å². The van der Waals surface area contributed by atoms with E-state index in [1.807, 2.05) is 24.3 Å². The van der Waals surface area contributed by atoms with Crippen LogP contribution in [-0.2, 0) is 11.8 Å². The topological polar surface area (TPSA) is 58.8 Å². The van der Waals surface area contributed by atoms with Crippen molar-refractivity contribution in [2.75, 3.05) is 7.11 Å². The van der Waals surface area contributed by atoms with Crippen molar-refractivity contribution >= 4 is 0 Å². The van der Waals surface area contributed by atoms with E-state index in [0.29, 0.717) is 6.42 Å². The normalized spacial score (nSPS) is 13.2. The molecule has 0 radical (unpaired) electrons. The largest absolute Gasteiger partial charge is 0.496 e. The second-order valence-electron chi connectivity index (χ2n) is 5.07. The highest BCUT2D eigenvalue weighted by atomic mass is 16.5. The number of hydrogen-bond acceptors (Lipinski definition) is 4. The maximum Gasteiger partial charge on any atom is 0.123 e. The van der Waals surface area contributed by atoms with Gasteiger partial charge in [-0.05, 0) is 24.5 Å². The molecule has 4 heteroatoms. The lowest BCUT2D eigenvalue weighted by molar-refractivity contribution is 0.389. The maximum atomic E-state index is 9.90. The summed E-state index contributed by atoms with van der Waals surface area (Å²) >= 11 is 0. The fraction of sp³-hybridized carbons (Fsp3) is 0.353. The first-order valence-electron chi connectivity index (χ1n) is 7.04. The Kier molecular flexibility index (Phi) is 4.89. The first-order valence-corrected chi connectivity index (χ1v) is 7.04. The summed E-state index contributed by atoms with van der Waals surface area (Å²) < 4.78 is 5.45. The van der Waals surface area contributed by atoms with E-state index in [1.54, 1.807) is 19.5 Å². The van der Waals surface area contributed by atoms with Crippen LogP contribution in [0.25, 0.3) is 0 Å². The van der Waals surface area contributed by atoms with Crippen molar-refractivity contribution in [1.82, 2.24) is 9.97 Å². The van der Waals surface area contributed by atoms with Gasteiger partial charge in [-0.3, -0.25) is 0 Å². The van der Waals surface area contributed by atoms with Gasteiger partial charge in [-0.1, -0.05) is 31.5 Å². The zero-order chi connectivity index (χ0) is 15.1. The number of hydrogen-bond donors (Lipinski definition) is 0. The van der Waals surface area contributed by atoms with Crippen molar-refractivity contribution in [3.63, 3.8) is 0 Å². The summed E-state index contributed by atoms with van der Waals surface area (Å²) in [5.41, 5.74) is 1.27. The molecule has 1 aromatic heterocycles. The molecule has 2 rings (SSSR count). The number of nitriles is 1. The third-order valence-electron chi connectivity index (χ3n) is 3.63. The standard InChI is InChI=1S/C17H19N3O/c1-3-8-17(12-18,9-14-10-19-13-20-11-14)15-6-4-5-7-16(15)21-2/h4-7,10-11,13H,3,8-9H2,1-2H3. The van der Waals surface area contributed by atoms with Crippen LogP contribution in [0.5, 0.6) is 5.75 Å². The molecule has 0 amide bonds. The Balaban J connectivity index is 2.49. The van der Waals surface area contributed by atoms with Gasteiger partial charge < -0.3 is 4.74 Å². The van der Waals surface area contributed by atoms with Gasteiger partial charge in [-0.2, -0.15) is 5.26 Å². The minimum absolute atomic E-state index is 0.582. The smallest absolute Gasteiger partial charge is 0.123 e. The van der Waals surface area contributed by atoms with Crippen molar-refractivity contribution in [2.45, 2.75) is 31.6 Å². The van der Waals surface area contributed by atoms with Crippen molar-refractivity contribution in [1.29, 1.82) is 5.26 Å². The molecule has 4 nitrogen and oxygen atoms in total. The number of para-hydroxylation sites is 1. The quantitative estimate of drug-likeness (QED) is 0.815. The molecule has 0 saturated heterocycles. The molecule has 1 heterocycles. The lowest BCUT2D eigenvalue weighted by Gasteiger charge is -2.28. The van der Waals surface area contributed by atoms with Gasteiger partial charge >= 0.3 is 0 Å². The molecule has 0 aliphatic rings. The number of rotatable bonds is 6. The fourth-order valence-corrected chi connectivity index (χ4v) is 2.71. The molecule has 21 heavy (non-hydrogen) atoms. The van der Waals surface area contributed by atoms with Crippen LogP contribution in [-0.4, -0.2) is 17.1 Å². The van der Waals surface area contributed by atoms with E-state index >= 15 is 0 Å². The van der Waals surface area contributed by atoms with Crippen LogP contribution in [0.15, 0.2) is 43.0 Å². The van der Waals surface area contributed by atoms with E-state index in [0.717, 1.165) is 29.7 Å². The third-order valence-corrected chi connectivity index (χ3v) is 3.63. The minimum atomic E-state index is -0.619. The zero-order valence-corrected chi connectivity index (χ0v) is 12.4. The number of ether oxygens (including phenoxy) is 1. The van der Waals surface area contributed by atoms with Gasteiger partial charge in [0.25, 0.3) is 0 Å². The van der Waals surface area contributed by atoms with Gasteiger partial charge in [0.15, 0.2) is 0 Å². The Hall–Kier alpha value is -2.41. The number of aromatic nitrogens is 2.